The van der Waals surface area contributed by atoms with E-state index in [1.807, 2.05) is 0 Å². The molecule has 0 aliphatic rings. The molecular weight excluding hydrogens is 288 g/mol. The van der Waals surface area contributed by atoms with Gasteiger partial charge in [-0.05, 0) is 13.0 Å². The third-order valence-corrected chi connectivity index (χ3v) is 2.97. The van der Waals surface area contributed by atoms with E-state index in [9.17, 15) is 10.1 Å². The van der Waals surface area contributed by atoms with Crippen LogP contribution < -0.4 is 0 Å². The van der Waals surface area contributed by atoms with Gasteiger partial charge in [-0.2, -0.15) is 0 Å². The van der Waals surface area contributed by atoms with Crippen molar-refractivity contribution >= 4 is 21.6 Å². The molecule has 2 aromatic rings. The summed E-state index contributed by atoms with van der Waals surface area (Å²) in [7, 11) is 0. The van der Waals surface area contributed by atoms with Crippen LogP contribution in [0.1, 0.15) is 11.3 Å². The molecule has 0 atom stereocenters. The number of benzene rings is 1. The molecule has 0 aliphatic carbocycles. The highest BCUT2D eigenvalue weighted by Gasteiger charge is 2.15. The fourth-order valence-corrected chi connectivity index (χ4v) is 1.79. The Kier molecular flexibility index (Phi) is 3.19. The summed E-state index contributed by atoms with van der Waals surface area (Å²) in [6.07, 6.45) is 1.74. The van der Waals surface area contributed by atoms with Crippen LogP contribution >= 0.6 is 15.9 Å². The molecule has 1 aromatic heterocycles. The summed E-state index contributed by atoms with van der Waals surface area (Å²) in [4.78, 5) is 10.4. The molecule has 0 amide bonds. The van der Waals surface area contributed by atoms with Crippen molar-refractivity contribution in [2.75, 3.05) is 0 Å². The minimum absolute atomic E-state index is 0.0818. The molecule has 0 unspecified atom stereocenters. The van der Waals surface area contributed by atoms with Crippen LogP contribution in [0.15, 0.2) is 24.4 Å². The van der Waals surface area contributed by atoms with E-state index in [4.69, 9.17) is 0 Å². The van der Waals surface area contributed by atoms with E-state index in [-0.39, 0.29) is 5.69 Å². The molecule has 7 heteroatoms. The molecule has 1 aromatic carbocycles. The van der Waals surface area contributed by atoms with Gasteiger partial charge < -0.3 is 0 Å². The Balaban J connectivity index is 2.52. The second-order valence-electron chi connectivity index (χ2n) is 3.47. The van der Waals surface area contributed by atoms with E-state index in [1.165, 1.54) is 6.07 Å². The number of rotatable bonds is 3. The molecule has 17 heavy (non-hydrogen) atoms. The van der Waals surface area contributed by atoms with Crippen LogP contribution in [-0.2, 0) is 5.33 Å². The average molecular weight is 297 g/mol. The Morgan fingerprint density at radius 1 is 1.53 bits per heavy atom. The van der Waals surface area contributed by atoms with Crippen molar-refractivity contribution in [2.24, 2.45) is 0 Å². The lowest BCUT2D eigenvalue weighted by Crippen LogP contribution is -2.01. The van der Waals surface area contributed by atoms with Crippen molar-refractivity contribution < 1.29 is 4.92 Å². The molecule has 0 saturated carbocycles. The van der Waals surface area contributed by atoms with Gasteiger partial charge in [-0.3, -0.25) is 10.1 Å². The highest BCUT2D eigenvalue weighted by atomic mass is 79.9. The van der Waals surface area contributed by atoms with Gasteiger partial charge in [-0.1, -0.05) is 27.2 Å². The summed E-state index contributed by atoms with van der Waals surface area (Å²) >= 11 is 3.28. The summed E-state index contributed by atoms with van der Waals surface area (Å²) in [6.45, 7) is 1.70. The highest BCUT2D eigenvalue weighted by Crippen LogP contribution is 2.23. The molecule has 2 rings (SSSR count). The zero-order valence-corrected chi connectivity index (χ0v) is 10.6. The monoisotopic (exact) mass is 296 g/mol. The van der Waals surface area contributed by atoms with Gasteiger partial charge in [-0.15, -0.1) is 5.10 Å². The predicted molar refractivity (Wildman–Crippen MR) is 65.4 cm³/mol. The van der Waals surface area contributed by atoms with Crippen LogP contribution in [0.4, 0.5) is 5.69 Å². The maximum atomic E-state index is 10.8. The summed E-state index contributed by atoms with van der Waals surface area (Å²) in [6, 6.07) is 4.88. The molecule has 0 aliphatic heterocycles. The number of hydrogen-bond donors (Lipinski definition) is 0. The Morgan fingerprint density at radius 2 is 2.29 bits per heavy atom. The second kappa shape index (κ2) is 4.62. The Morgan fingerprint density at radius 3 is 2.88 bits per heavy atom. The van der Waals surface area contributed by atoms with Gasteiger partial charge in [0.2, 0.25) is 0 Å². The molecular formula is C10H9BrN4O2. The van der Waals surface area contributed by atoms with Gasteiger partial charge >= 0.3 is 0 Å². The van der Waals surface area contributed by atoms with Gasteiger partial charge in [0, 0.05) is 11.4 Å². The number of nitro groups is 1. The molecule has 88 valence electrons. The molecule has 0 radical (unpaired) electrons. The molecule has 0 fully saturated rings. The Labute approximate surface area is 106 Å². The Bertz CT molecular complexity index is 567. The average Bonchev–Trinajstić information content (AvgIpc) is 2.77. The zero-order valence-electron chi connectivity index (χ0n) is 9.00. The van der Waals surface area contributed by atoms with Crippen molar-refractivity contribution in [3.63, 3.8) is 0 Å². The number of halogens is 1. The van der Waals surface area contributed by atoms with Gasteiger partial charge in [0.1, 0.15) is 0 Å². The standard InChI is InChI=1S/C10H9BrN4O2/c1-7-9(3-2-4-10(7)15(16)17)14-6-8(5-11)12-13-14/h2-4,6H,5H2,1H3. The summed E-state index contributed by atoms with van der Waals surface area (Å²) in [5.74, 6) is 0. The van der Waals surface area contributed by atoms with Gasteiger partial charge in [0.25, 0.3) is 5.69 Å². The van der Waals surface area contributed by atoms with E-state index in [1.54, 1.807) is 29.9 Å². The first-order valence-electron chi connectivity index (χ1n) is 4.85. The molecule has 0 bridgehead atoms. The highest BCUT2D eigenvalue weighted by molar-refractivity contribution is 9.08. The third kappa shape index (κ3) is 2.19. The summed E-state index contributed by atoms with van der Waals surface area (Å²) in [5.41, 5.74) is 2.09. The fourth-order valence-electron chi connectivity index (χ4n) is 1.53. The van der Waals surface area contributed by atoms with Crippen LogP contribution in [0.25, 0.3) is 5.69 Å². The number of nitrogens with zero attached hydrogens (tertiary/aromatic N) is 4. The lowest BCUT2D eigenvalue weighted by Gasteiger charge is -2.04. The second-order valence-corrected chi connectivity index (χ2v) is 4.03. The maximum absolute atomic E-state index is 10.8. The topological polar surface area (TPSA) is 73.8 Å². The molecule has 0 spiro atoms. The quantitative estimate of drug-likeness (QED) is 0.495. The van der Waals surface area contributed by atoms with Crippen LogP contribution in [0.2, 0.25) is 0 Å². The summed E-state index contributed by atoms with van der Waals surface area (Å²) < 4.78 is 1.54. The lowest BCUT2D eigenvalue weighted by molar-refractivity contribution is -0.385. The van der Waals surface area contributed by atoms with Crippen molar-refractivity contribution in [1.82, 2.24) is 15.0 Å². The maximum Gasteiger partial charge on any atom is 0.274 e. The minimum Gasteiger partial charge on any atom is -0.258 e. The zero-order chi connectivity index (χ0) is 12.4. The smallest absolute Gasteiger partial charge is 0.258 e. The number of aromatic nitrogens is 3. The van der Waals surface area contributed by atoms with Crippen LogP contribution in [-0.4, -0.2) is 19.9 Å². The minimum atomic E-state index is -0.402. The predicted octanol–water partition coefficient (Wildman–Crippen LogP) is 2.38. The van der Waals surface area contributed by atoms with Crippen molar-refractivity contribution in [3.05, 3.63) is 45.8 Å². The fraction of sp³-hybridized carbons (Fsp3) is 0.200. The largest absolute Gasteiger partial charge is 0.274 e. The first-order valence-corrected chi connectivity index (χ1v) is 5.97. The molecule has 1 heterocycles. The molecule has 0 N–H and O–H groups in total. The molecule has 0 saturated heterocycles. The Hall–Kier alpha value is -1.76. The first-order chi connectivity index (χ1) is 8.13. The van der Waals surface area contributed by atoms with Gasteiger partial charge in [-0.25, -0.2) is 4.68 Å². The van der Waals surface area contributed by atoms with Crippen molar-refractivity contribution in [2.45, 2.75) is 12.3 Å². The van der Waals surface area contributed by atoms with Crippen LogP contribution in [0, 0.1) is 17.0 Å². The van der Waals surface area contributed by atoms with Gasteiger partial charge in [0.15, 0.2) is 0 Å². The lowest BCUT2D eigenvalue weighted by atomic mass is 10.1. The van der Waals surface area contributed by atoms with Crippen LogP contribution in [0.5, 0.6) is 0 Å². The van der Waals surface area contributed by atoms with E-state index < -0.39 is 4.92 Å². The van der Waals surface area contributed by atoms with E-state index in [0.29, 0.717) is 16.6 Å². The van der Waals surface area contributed by atoms with E-state index in [2.05, 4.69) is 26.2 Å². The number of hydrogen-bond acceptors (Lipinski definition) is 4. The first kappa shape index (κ1) is 11.7. The van der Waals surface area contributed by atoms with E-state index in [0.717, 1.165) is 5.69 Å². The van der Waals surface area contributed by atoms with Gasteiger partial charge in [0.05, 0.1) is 28.1 Å². The van der Waals surface area contributed by atoms with Crippen molar-refractivity contribution in [3.8, 4) is 5.69 Å². The third-order valence-electron chi connectivity index (χ3n) is 2.40. The van der Waals surface area contributed by atoms with E-state index >= 15 is 0 Å². The summed E-state index contributed by atoms with van der Waals surface area (Å²) in [5, 5.41) is 19.3. The number of nitro benzene ring substituents is 1. The van der Waals surface area contributed by atoms with Crippen molar-refractivity contribution in [1.29, 1.82) is 0 Å². The normalized spacial score (nSPS) is 10.5. The SMILES string of the molecule is Cc1c(-n2cc(CBr)nn2)cccc1[N+](=O)[O-]. The molecule has 6 nitrogen and oxygen atoms in total. The number of alkyl halides is 1. The van der Waals surface area contributed by atoms with Crippen LogP contribution in [0.3, 0.4) is 0 Å².